The average Bonchev–Trinajstić information content (AvgIpc) is 2.73. The Labute approximate surface area is 203 Å². The summed E-state index contributed by atoms with van der Waals surface area (Å²) in [7, 11) is -2.66. The number of carbonyl (C=O) groups excluding carboxylic acids is 2. The van der Waals surface area contributed by atoms with Gasteiger partial charge in [-0.2, -0.15) is 4.31 Å². The van der Waals surface area contributed by atoms with E-state index in [0.717, 1.165) is 4.31 Å². The normalized spacial score (nSPS) is 12.5. The van der Waals surface area contributed by atoms with Crippen LogP contribution in [0.3, 0.4) is 0 Å². The molecule has 2 aromatic rings. The van der Waals surface area contributed by atoms with Crippen LogP contribution in [0.4, 0.5) is 0 Å². The molecule has 0 fully saturated rings. The van der Waals surface area contributed by atoms with E-state index in [9.17, 15) is 18.0 Å². The summed E-state index contributed by atoms with van der Waals surface area (Å²) in [4.78, 5) is 26.9. The first kappa shape index (κ1) is 26.4. The number of hydrogen-bond donors (Lipinski definition) is 1. The third-order valence-electron chi connectivity index (χ3n) is 4.79. The number of nitrogens with zero attached hydrogens (tertiary/aromatic N) is 2. The van der Waals surface area contributed by atoms with Crippen LogP contribution in [0.15, 0.2) is 47.4 Å². The zero-order valence-electron chi connectivity index (χ0n) is 17.8. The van der Waals surface area contributed by atoms with E-state index in [-0.39, 0.29) is 17.3 Å². The molecule has 2 aromatic carbocycles. The lowest BCUT2D eigenvalue weighted by molar-refractivity contribution is -0.140. The van der Waals surface area contributed by atoms with Crippen molar-refractivity contribution in [2.24, 2.45) is 0 Å². The topological polar surface area (TPSA) is 86.8 Å². The van der Waals surface area contributed by atoms with Crippen molar-refractivity contribution >= 4 is 56.6 Å². The molecule has 11 heteroatoms. The van der Waals surface area contributed by atoms with Crippen LogP contribution in [-0.2, 0) is 26.2 Å². The van der Waals surface area contributed by atoms with Gasteiger partial charge in [-0.1, -0.05) is 40.9 Å². The molecule has 0 saturated heterocycles. The molecular formula is C21H24Cl3N3O4S. The maximum Gasteiger partial charge on any atom is 0.243 e. The molecule has 0 radical (unpaired) electrons. The van der Waals surface area contributed by atoms with Crippen molar-refractivity contribution in [3.05, 3.63) is 63.1 Å². The van der Waals surface area contributed by atoms with E-state index < -0.39 is 28.5 Å². The second-order valence-electron chi connectivity index (χ2n) is 7.01. The van der Waals surface area contributed by atoms with Crippen molar-refractivity contribution in [3.8, 4) is 0 Å². The molecule has 0 aliphatic heterocycles. The predicted octanol–water partition coefficient (Wildman–Crippen LogP) is 3.82. The molecule has 2 amide bonds. The van der Waals surface area contributed by atoms with Crippen LogP contribution in [0.25, 0.3) is 0 Å². The number of likely N-dealkylation sites (N-methyl/N-ethyl adjacent to an activating group) is 2. The molecule has 0 heterocycles. The molecule has 1 N–H and O–H groups in total. The van der Waals surface area contributed by atoms with Gasteiger partial charge >= 0.3 is 0 Å². The second kappa shape index (κ2) is 11.3. The van der Waals surface area contributed by atoms with E-state index >= 15 is 0 Å². The van der Waals surface area contributed by atoms with Crippen molar-refractivity contribution in [3.63, 3.8) is 0 Å². The Kier molecular flexibility index (Phi) is 9.36. The predicted molar refractivity (Wildman–Crippen MR) is 126 cm³/mol. The SMILES string of the molecule is CCNC(=O)[C@H](C)N(Cc1c(Cl)cccc1Cl)C(=O)CN(C)S(=O)(=O)c1ccc(Cl)cc1. The summed E-state index contributed by atoms with van der Waals surface area (Å²) in [5, 5.41) is 3.72. The summed E-state index contributed by atoms with van der Waals surface area (Å²) in [6.45, 7) is 3.14. The molecule has 0 bridgehead atoms. The van der Waals surface area contributed by atoms with E-state index in [1.54, 1.807) is 32.0 Å². The summed E-state index contributed by atoms with van der Waals surface area (Å²) in [6, 6.07) is 9.65. The van der Waals surface area contributed by atoms with Gasteiger partial charge < -0.3 is 10.2 Å². The lowest BCUT2D eigenvalue weighted by atomic mass is 10.1. The van der Waals surface area contributed by atoms with Crippen LogP contribution in [0.1, 0.15) is 19.4 Å². The largest absolute Gasteiger partial charge is 0.355 e. The van der Waals surface area contributed by atoms with E-state index in [0.29, 0.717) is 27.2 Å². The van der Waals surface area contributed by atoms with Crippen molar-refractivity contribution in [1.82, 2.24) is 14.5 Å². The van der Waals surface area contributed by atoms with Gasteiger partial charge in [0.25, 0.3) is 0 Å². The summed E-state index contributed by atoms with van der Waals surface area (Å²) in [6.07, 6.45) is 0. The van der Waals surface area contributed by atoms with E-state index in [4.69, 9.17) is 34.8 Å². The number of rotatable bonds is 9. The fraction of sp³-hybridized carbons (Fsp3) is 0.333. The van der Waals surface area contributed by atoms with Gasteiger partial charge in [0, 0.05) is 40.8 Å². The fourth-order valence-corrected chi connectivity index (χ4v) is 4.67. The molecule has 0 saturated carbocycles. The molecule has 0 unspecified atom stereocenters. The van der Waals surface area contributed by atoms with Gasteiger partial charge in [0.15, 0.2) is 0 Å². The molecule has 0 aliphatic carbocycles. The van der Waals surface area contributed by atoms with E-state index in [2.05, 4.69) is 5.32 Å². The maximum absolute atomic E-state index is 13.2. The minimum atomic E-state index is -3.96. The molecule has 7 nitrogen and oxygen atoms in total. The average molecular weight is 521 g/mol. The lowest BCUT2D eigenvalue weighted by Gasteiger charge is -2.30. The minimum Gasteiger partial charge on any atom is -0.355 e. The van der Waals surface area contributed by atoms with Crippen LogP contribution in [0.5, 0.6) is 0 Å². The first-order valence-electron chi connectivity index (χ1n) is 9.71. The Morgan fingerprint density at radius 2 is 1.59 bits per heavy atom. The number of amides is 2. The smallest absolute Gasteiger partial charge is 0.243 e. The summed E-state index contributed by atoms with van der Waals surface area (Å²) < 4.78 is 26.7. The number of hydrogen-bond acceptors (Lipinski definition) is 4. The number of sulfonamides is 1. The number of nitrogens with one attached hydrogen (secondary N) is 1. The maximum atomic E-state index is 13.2. The third kappa shape index (κ3) is 6.36. The third-order valence-corrected chi connectivity index (χ3v) is 7.57. The van der Waals surface area contributed by atoms with Gasteiger partial charge in [0.05, 0.1) is 11.4 Å². The molecule has 32 heavy (non-hydrogen) atoms. The summed E-state index contributed by atoms with van der Waals surface area (Å²) in [5.41, 5.74) is 0.462. The zero-order chi connectivity index (χ0) is 24.1. The van der Waals surface area contributed by atoms with Gasteiger partial charge in [0.1, 0.15) is 6.04 Å². The Hall–Kier alpha value is -1.84. The highest BCUT2D eigenvalue weighted by molar-refractivity contribution is 7.89. The second-order valence-corrected chi connectivity index (χ2v) is 10.3. The molecule has 0 aromatic heterocycles. The van der Waals surface area contributed by atoms with Crippen LogP contribution >= 0.6 is 34.8 Å². The van der Waals surface area contributed by atoms with E-state index in [1.165, 1.54) is 36.2 Å². The highest BCUT2D eigenvalue weighted by Gasteiger charge is 2.30. The lowest BCUT2D eigenvalue weighted by Crippen LogP contribution is -2.50. The molecular weight excluding hydrogens is 497 g/mol. The molecule has 2 rings (SSSR count). The summed E-state index contributed by atoms with van der Waals surface area (Å²) in [5.74, 6) is -0.966. The molecule has 0 aliphatic rings. The Bertz CT molecular complexity index is 1060. The number of benzene rings is 2. The van der Waals surface area contributed by atoms with Gasteiger partial charge in [-0.15, -0.1) is 0 Å². The number of halogens is 3. The van der Waals surface area contributed by atoms with Gasteiger partial charge in [-0.05, 0) is 50.2 Å². The minimum absolute atomic E-state index is 0.00493. The first-order chi connectivity index (χ1) is 15.0. The van der Waals surface area contributed by atoms with Gasteiger partial charge in [-0.25, -0.2) is 8.42 Å². The standard InChI is InChI=1S/C21H24Cl3N3O4S/c1-4-25-21(29)14(2)27(12-17-18(23)6-5-7-19(17)24)20(28)13-26(3)32(30,31)16-10-8-15(22)9-11-16/h5-11,14H,4,12-13H2,1-3H3,(H,25,29)/t14-/m0/s1. The van der Waals surface area contributed by atoms with Gasteiger partial charge in [-0.3, -0.25) is 9.59 Å². The Balaban J connectivity index is 2.32. The van der Waals surface area contributed by atoms with Crippen LogP contribution in [0, 0.1) is 0 Å². The molecule has 0 spiro atoms. The molecule has 174 valence electrons. The van der Waals surface area contributed by atoms with Crippen LogP contribution in [0.2, 0.25) is 15.1 Å². The van der Waals surface area contributed by atoms with Gasteiger partial charge in [0.2, 0.25) is 21.8 Å². The van der Waals surface area contributed by atoms with Crippen molar-refractivity contribution in [2.45, 2.75) is 31.3 Å². The van der Waals surface area contributed by atoms with Crippen molar-refractivity contribution in [1.29, 1.82) is 0 Å². The van der Waals surface area contributed by atoms with E-state index in [1.807, 2.05) is 0 Å². The van der Waals surface area contributed by atoms with Crippen LogP contribution in [-0.4, -0.2) is 55.6 Å². The fourth-order valence-electron chi connectivity index (χ4n) is 2.91. The Morgan fingerprint density at radius 1 is 1.03 bits per heavy atom. The first-order valence-corrected chi connectivity index (χ1v) is 12.3. The van der Waals surface area contributed by atoms with Crippen LogP contribution < -0.4 is 5.32 Å². The quantitative estimate of drug-likeness (QED) is 0.544. The number of carbonyl (C=O) groups is 2. The monoisotopic (exact) mass is 519 g/mol. The molecule has 1 atom stereocenters. The highest BCUT2D eigenvalue weighted by Crippen LogP contribution is 2.27. The summed E-state index contributed by atoms with van der Waals surface area (Å²) >= 11 is 18.3. The van der Waals surface area contributed by atoms with Crippen molar-refractivity contribution < 1.29 is 18.0 Å². The Morgan fingerprint density at radius 3 is 2.12 bits per heavy atom. The van der Waals surface area contributed by atoms with Crippen molar-refractivity contribution in [2.75, 3.05) is 20.1 Å². The highest BCUT2D eigenvalue weighted by atomic mass is 35.5. The zero-order valence-corrected chi connectivity index (χ0v) is 20.9.